The van der Waals surface area contributed by atoms with Crippen LogP contribution in [0, 0.1) is 18.3 Å². The average Bonchev–Trinajstić information content (AvgIpc) is 3.20. The number of aryl methyl sites for hydroxylation is 1. The van der Waals surface area contributed by atoms with Gasteiger partial charge in [-0.25, -0.2) is 0 Å². The van der Waals surface area contributed by atoms with E-state index in [-0.39, 0.29) is 0 Å². The molecule has 0 spiro atoms. The van der Waals surface area contributed by atoms with Crippen molar-refractivity contribution in [3.8, 4) is 28.8 Å². The molecule has 4 rings (SSSR count). The van der Waals surface area contributed by atoms with E-state index in [9.17, 15) is 0 Å². The van der Waals surface area contributed by atoms with Crippen LogP contribution in [0.4, 0.5) is 0 Å². The summed E-state index contributed by atoms with van der Waals surface area (Å²) in [5.74, 6) is 1.45. The Morgan fingerprint density at radius 3 is 2.54 bits per heavy atom. The van der Waals surface area contributed by atoms with Crippen LogP contribution in [0.15, 0.2) is 45.4 Å². The lowest BCUT2D eigenvalue weighted by Crippen LogP contribution is -1.84. The van der Waals surface area contributed by atoms with E-state index in [1.54, 1.807) is 31.2 Å². The lowest BCUT2D eigenvalue weighted by atomic mass is 10.1. The summed E-state index contributed by atoms with van der Waals surface area (Å²) in [6, 6.07) is 12.7. The number of aromatic nitrogens is 3. The van der Waals surface area contributed by atoms with E-state index >= 15 is 0 Å². The zero-order valence-corrected chi connectivity index (χ0v) is 13.2. The Labute approximate surface area is 141 Å². The molecule has 0 bridgehead atoms. The number of benzene rings is 2. The summed E-state index contributed by atoms with van der Waals surface area (Å²) in [6.45, 7) is 1.71. The second kappa shape index (κ2) is 5.48. The highest BCUT2D eigenvalue weighted by Crippen LogP contribution is 2.35. The molecule has 7 heteroatoms. The maximum Gasteiger partial charge on any atom is 0.223 e. The lowest BCUT2D eigenvalue weighted by molar-refractivity contribution is 0.394. The average molecular weight is 337 g/mol. The van der Waals surface area contributed by atoms with Crippen LogP contribution in [-0.4, -0.2) is 15.3 Å². The zero-order valence-electron chi connectivity index (χ0n) is 12.4. The molecule has 0 aliphatic rings. The maximum atomic E-state index is 8.88. The molecule has 0 fully saturated rings. The monoisotopic (exact) mass is 336 g/mol. The van der Waals surface area contributed by atoms with Gasteiger partial charge in [0.2, 0.25) is 11.7 Å². The molecule has 2 aromatic heterocycles. The predicted octanol–water partition coefficient (Wildman–Crippen LogP) is 4.38. The summed E-state index contributed by atoms with van der Waals surface area (Å²) in [5, 5.41) is 18.1. The molecule has 6 nitrogen and oxygen atoms in total. The summed E-state index contributed by atoms with van der Waals surface area (Å²) >= 11 is 6.38. The van der Waals surface area contributed by atoms with Gasteiger partial charge in [0, 0.05) is 18.1 Å². The van der Waals surface area contributed by atoms with E-state index in [1.807, 2.05) is 12.1 Å². The molecule has 116 valence electrons. The summed E-state index contributed by atoms with van der Waals surface area (Å²) in [6.07, 6.45) is 0. The number of rotatable bonds is 2. The van der Waals surface area contributed by atoms with Crippen molar-refractivity contribution < 1.29 is 9.05 Å². The third kappa shape index (κ3) is 2.32. The van der Waals surface area contributed by atoms with Crippen molar-refractivity contribution in [2.75, 3.05) is 0 Å². The molecule has 0 aliphatic carbocycles. The van der Waals surface area contributed by atoms with Gasteiger partial charge in [0.05, 0.1) is 22.0 Å². The normalized spacial score (nSPS) is 10.9. The standard InChI is InChI=1S/C17H9ClN4O2/c1-9-20-17(22-23-9)12-7-15-13(6-14(12)18)16(24-21-15)11-4-2-10(8-19)3-5-11/h2-7H,1H3. The molecule has 0 saturated heterocycles. The lowest BCUT2D eigenvalue weighted by Gasteiger charge is -2.00. The second-order valence-corrected chi connectivity index (χ2v) is 5.59. The van der Waals surface area contributed by atoms with Gasteiger partial charge in [0.25, 0.3) is 0 Å². The first-order valence-corrected chi connectivity index (χ1v) is 7.43. The van der Waals surface area contributed by atoms with Crippen molar-refractivity contribution >= 4 is 22.5 Å². The third-order valence-electron chi connectivity index (χ3n) is 3.61. The van der Waals surface area contributed by atoms with Gasteiger partial charge < -0.3 is 9.05 Å². The van der Waals surface area contributed by atoms with Crippen LogP contribution < -0.4 is 0 Å². The Kier molecular flexibility index (Phi) is 3.29. The topological polar surface area (TPSA) is 88.7 Å². The van der Waals surface area contributed by atoms with Gasteiger partial charge in [0.15, 0.2) is 5.76 Å². The molecular weight excluding hydrogens is 328 g/mol. The van der Waals surface area contributed by atoms with Crippen molar-refractivity contribution in [3.63, 3.8) is 0 Å². The highest BCUT2D eigenvalue weighted by molar-refractivity contribution is 6.34. The SMILES string of the molecule is Cc1nc(-c2cc3noc(-c4ccc(C#N)cc4)c3cc2Cl)no1. The fraction of sp³-hybridized carbons (Fsp3) is 0.0588. The van der Waals surface area contributed by atoms with Gasteiger partial charge in [-0.15, -0.1) is 0 Å². The van der Waals surface area contributed by atoms with E-state index < -0.39 is 0 Å². The highest BCUT2D eigenvalue weighted by atomic mass is 35.5. The first kappa shape index (κ1) is 14.4. The summed E-state index contributed by atoms with van der Waals surface area (Å²) in [5.41, 5.74) is 2.66. The van der Waals surface area contributed by atoms with Crippen LogP contribution in [0.2, 0.25) is 5.02 Å². The molecule has 2 heterocycles. The molecule has 0 unspecified atom stereocenters. The van der Waals surface area contributed by atoms with E-state index in [4.69, 9.17) is 25.9 Å². The molecule has 24 heavy (non-hydrogen) atoms. The summed E-state index contributed by atoms with van der Waals surface area (Å²) in [7, 11) is 0. The van der Waals surface area contributed by atoms with Crippen molar-refractivity contribution in [2.24, 2.45) is 0 Å². The van der Waals surface area contributed by atoms with Crippen LogP contribution in [0.1, 0.15) is 11.5 Å². The number of hydrogen-bond donors (Lipinski definition) is 0. The zero-order chi connectivity index (χ0) is 16.7. The van der Waals surface area contributed by atoms with Crippen LogP contribution in [0.25, 0.3) is 33.6 Å². The van der Waals surface area contributed by atoms with Crippen LogP contribution in [-0.2, 0) is 0 Å². The minimum absolute atomic E-state index is 0.405. The van der Waals surface area contributed by atoms with E-state index in [1.165, 1.54) is 0 Å². The van der Waals surface area contributed by atoms with Crippen LogP contribution >= 0.6 is 11.6 Å². The van der Waals surface area contributed by atoms with E-state index in [0.29, 0.717) is 39.1 Å². The molecule has 0 amide bonds. The first-order chi connectivity index (χ1) is 11.7. The number of nitriles is 1. The van der Waals surface area contributed by atoms with E-state index in [2.05, 4.69) is 21.4 Å². The number of halogens is 1. The largest absolute Gasteiger partial charge is 0.355 e. The Morgan fingerprint density at radius 2 is 1.88 bits per heavy atom. The second-order valence-electron chi connectivity index (χ2n) is 5.19. The minimum Gasteiger partial charge on any atom is -0.355 e. The highest BCUT2D eigenvalue weighted by Gasteiger charge is 2.17. The number of nitrogens with zero attached hydrogens (tertiary/aromatic N) is 4. The fourth-order valence-electron chi connectivity index (χ4n) is 2.45. The minimum atomic E-state index is 0.405. The summed E-state index contributed by atoms with van der Waals surface area (Å²) in [4.78, 5) is 4.18. The summed E-state index contributed by atoms with van der Waals surface area (Å²) < 4.78 is 10.5. The molecule has 2 aromatic carbocycles. The van der Waals surface area contributed by atoms with Gasteiger partial charge in [-0.05, 0) is 36.4 Å². The number of fused-ring (bicyclic) bond motifs is 1. The number of hydrogen-bond acceptors (Lipinski definition) is 6. The smallest absolute Gasteiger partial charge is 0.223 e. The molecule has 0 radical (unpaired) electrons. The Hall–Kier alpha value is -3.17. The van der Waals surface area contributed by atoms with Gasteiger partial charge in [0.1, 0.15) is 5.52 Å². The molecule has 0 aliphatic heterocycles. The van der Waals surface area contributed by atoms with Gasteiger partial charge in [-0.1, -0.05) is 21.9 Å². The Balaban J connectivity index is 1.85. The quantitative estimate of drug-likeness (QED) is 0.539. The van der Waals surface area contributed by atoms with Crippen LogP contribution in [0.5, 0.6) is 0 Å². The maximum absolute atomic E-state index is 8.88. The van der Waals surface area contributed by atoms with Gasteiger partial charge in [-0.3, -0.25) is 0 Å². The molecule has 0 atom stereocenters. The predicted molar refractivity (Wildman–Crippen MR) is 87.2 cm³/mol. The third-order valence-corrected chi connectivity index (χ3v) is 3.92. The van der Waals surface area contributed by atoms with Crippen molar-refractivity contribution in [1.29, 1.82) is 5.26 Å². The first-order valence-electron chi connectivity index (χ1n) is 7.06. The van der Waals surface area contributed by atoms with E-state index in [0.717, 1.165) is 10.9 Å². The van der Waals surface area contributed by atoms with Crippen molar-refractivity contribution in [2.45, 2.75) is 6.92 Å². The van der Waals surface area contributed by atoms with Gasteiger partial charge in [-0.2, -0.15) is 10.2 Å². The molecule has 0 N–H and O–H groups in total. The van der Waals surface area contributed by atoms with Gasteiger partial charge >= 0.3 is 0 Å². The fourth-order valence-corrected chi connectivity index (χ4v) is 2.70. The molecular formula is C17H9ClN4O2. The Bertz CT molecular complexity index is 1090. The van der Waals surface area contributed by atoms with Crippen molar-refractivity contribution in [3.05, 3.63) is 52.9 Å². The van der Waals surface area contributed by atoms with Crippen molar-refractivity contribution in [1.82, 2.24) is 15.3 Å². The Morgan fingerprint density at radius 1 is 1.08 bits per heavy atom. The molecule has 0 saturated carbocycles. The van der Waals surface area contributed by atoms with Crippen LogP contribution in [0.3, 0.4) is 0 Å². The molecule has 4 aromatic rings.